The second-order valence-electron chi connectivity index (χ2n) is 4.44. The molecule has 1 aromatic carbocycles. The number of amides is 2. The number of hydrogen-bond donors (Lipinski definition) is 3. The maximum Gasteiger partial charge on any atom is 0.307 e. The summed E-state index contributed by atoms with van der Waals surface area (Å²) in [5, 5.41) is 5.21. The lowest BCUT2D eigenvalue weighted by Gasteiger charge is -2.08. The molecule has 0 aliphatic carbocycles. The summed E-state index contributed by atoms with van der Waals surface area (Å²) in [7, 11) is 1.29. The molecule has 0 aromatic heterocycles. The van der Waals surface area contributed by atoms with E-state index in [0.29, 0.717) is 11.3 Å². The molecule has 0 unspecified atom stereocenters. The fraction of sp³-hybridized carbons (Fsp3) is 0.357. The molecule has 4 N–H and O–H groups in total. The molecule has 0 heterocycles. The monoisotopic (exact) mass is 329 g/mol. The molecule has 1 rings (SSSR count). The van der Waals surface area contributed by atoms with Crippen molar-refractivity contribution in [1.82, 2.24) is 5.32 Å². The summed E-state index contributed by atoms with van der Waals surface area (Å²) in [6.45, 7) is 1.78. The van der Waals surface area contributed by atoms with Crippen molar-refractivity contribution in [2.45, 2.75) is 19.4 Å². The van der Waals surface area contributed by atoms with E-state index in [0.717, 1.165) is 0 Å². The first-order valence-electron chi connectivity index (χ1n) is 6.45. The summed E-state index contributed by atoms with van der Waals surface area (Å²) < 4.78 is 4.47. The Morgan fingerprint density at radius 3 is 2.32 bits per heavy atom. The molecule has 0 bridgehead atoms. The normalized spacial score (nSPS) is 10.9. The number of ether oxygens (including phenoxy) is 1. The van der Waals surface area contributed by atoms with Gasteiger partial charge >= 0.3 is 5.97 Å². The molecular weight excluding hydrogens is 310 g/mol. The van der Waals surface area contributed by atoms with Crippen LogP contribution in [0.5, 0.6) is 0 Å². The number of anilines is 1. The van der Waals surface area contributed by atoms with E-state index in [2.05, 4.69) is 15.4 Å². The van der Waals surface area contributed by atoms with Gasteiger partial charge in [0.1, 0.15) is 0 Å². The van der Waals surface area contributed by atoms with Crippen LogP contribution in [-0.4, -0.2) is 37.5 Å². The molecule has 2 amide bonds. The first-order chi connectivity index (χ1) is 9.93. The van der Waals surface area contributed by atoms with Crippen LogP contribution >= 0.6 is 12.4 Å². The molecule has 8 heteroatoms. The first kappa shape index (κ1) is 19.9. The van der Waals surface area contributed by atoms with Gasteiger partial charge in [-0.25, -0.2) is 0 Å². The molecule has 122 valence electrons. The highest BCUT2D eigenvalue weighted by Gasteiger charge is 2.09. The Bertz CT molecular complexity index is 517. The van der Waals surface area contributed by atoms with Gasteiger partial charge in [-0.3, -0.25) is 14.4 Å². The number of benzene rings is 1. The predicted molar refractivity (Wildman–Crippen MR) is 84.9 cm³/mol. The fourth-order valence-electron chi connectivity index (χ4n) is 1.44. The van der Waals surface area contributed by atoms with Gasteiger partial charge in [0.15, 0.2) is 0 Å². The van der Waals surface area contributed by atoms with E-state index in [9.17, 15) is 14.4 Å². The van der Waals surface area contributed by atoms with Gasteiger partial charge in [0.2, 0.25) is 5.91 Å². The maximum atomic E-state index is 11.8. The van der Waals surface area contributed by atoms with E-state index in [4.69, 9.17) is 5.73 Å². The zero-order chi connectivity index (χ0) is 15.8. The van der Waals surface area contributed by atoms with Crippen molar-refractivity contribution in [2.24, 2.45) is 5.73 Å². The smallest absolute Gasteiger partial charge is 0.307 e. The number of carbonyl (C=O) groups is 3. The highest BCUT2D eigenvalue weighted by molar-refractivity contribution is 5.97. The van der Waals surface area contributed by atoms with Crippen LogP contribution in [0.4, 0.5) is 5.69 Å². The summed E-state index contributed by atoms with van der Waals surface area (Å²) >= 11 is 0. The van der Waals surface area contributed by atoms with Crippen LogP contribution < -0.4 is 16.4 Å². The Morgan fingerprint density at radius 2 is 1.82 bits per heavy atom. The molecule has 1 aromatic rings. The SMILES string of the molecule is COC(=O)CCNC(=O)c1ccc(NC(=O)[C@H](C)N)cc1.Cl. The number of nitrogens with one attached hydrogen (secondary N) is 2. The number of nitrogens with two attached hydrogens (primary N) is 1. The summed E-state index contributed by atoms with van der Waals surface area (Å²) in [5.41, 5.74) is 6.43. The molecule has 7 nitrogen and oxygen atoms in total. The van der Waals surface area contributed by atoms with E-state index >= 15 is 0 Å². The minimum absolute atomic E-state index is 0. The van der Waals surface area contributed by atoms with E-state index in [1.54, 1.807) is 31.2 Å². The van der Waals surface area contributed by atoms with Crippen molar-refractivity contribution in [3.8, 4) is 0 Å². The lowest BCUT2D eigenvalue weighted by atomic mass is 10.2. The summed E-state index contributed by atoms with van der Waals surface area (Å²) in [4.78, 5) is 34.1. The lowest BCUT2D eigenvalue weighted by molar-refractivity contribution is -0.140. The second kappa shape index (κ2) is 9.75. The van der Waals surface area contributed by atoms with E-state index < -0.39 is 6.04 Å². The predicted octanol–water partition coefficient (Wildman–Crippen LogP) is 0.687. The van der Waals surface area contributed by atoms with Gasteiger partial charge < -0.3 is 21.1 Å². The van der Waals surface area contributed by atoms with Crippen LogP contribution in [0.1, 0.15) is 23.7 Å². The highest BCUT2D eigenvalue weighted by Crippen LogP contribution is 2.09. The van der Waals surface area contributed by atoms with Crippen LogP contribution in [0.3, 0.4) is 0 Å². The summed E-state index contributed by atoms with van der Waals surface area (Å²) in [6, 6.07) is 5.76. The quantitative estimate of drug-likeness (QED) is 0.665. The van der Waals surface area contributed by atoms with Gasteiger partial charge in [0.05, 0.1) is 19.6 Å². The topological polar surface area (TPSA) is 111 Å². The first-order valence-corrected chi connectivity index (χ1v) is 6.45. The van der Waals surface area contributed by atoms with Crippen molar-refractivity contribution in [2.75, 3.05) is 19.0 Å². The molecule has 1 atom stereocenters. The summed E-state index contributed by atoms with van der Waals surface area (Å²) in [6.07, 6.45) is 0.116. The number of hydrogen-bond acceptors (Lipinski definition) is 5. The van der Waals surface area contributed by atoms with Gasteiger partial charge in [-0.05, 0) is 31.2 Å². The average Bonchev–Trinajstić information content (AvgIpc) is 2.47. The molecule has 0 fully saturated rings. The standard InChI is InChI=1S/C14H19N3O4.ClH/c1-9(15)13(19)17-11-5-3-10(4-6-11)14(20)16-8-7-12(18)21-2;/h3-6,9H,7-8,15H2,1-2H3,(H,16,20)(H,17,19);1H/t9-;/m0./s1. The summed E-state index contributed by atoms with van der Waals surface area (Å²) in [5.74, 6) is -0.987. The Hall–Kier alpha value is -2.12. The van der Waals surface area contributed by atoms with Crippen molar-refractivity contribution in [3.05, 3.63) is 29.8 Å². The minimum atomic E-state index is -0.605. The van der Waals surface area contributed by atoms with E-state index in [-0.39, 0.29) is 43.2 Å². The molecule has 0 saturated carbocycles. The molecule has 0 radical (unpaired) electrons. The van der Waals surface area contributed by atoms with Crippen LogP contribution in [0.25, 0.3) is 0 Å². The zero-order valence-electron chi connectivity index (χ0n) is 12.4. The third-order valence-corrected chi connectivity index (χ3v) is 2.67. The van der Waals surface area contributed by atoms with Crippen LogP contribution in [0.2, 0.25) is 0 Å². The lowest BCUT2D eigenvalue weighted by Crippen LogP contribution is -2.32. The Morgan fingerprint density at radius 1 is 1.23 bits per heavy atom. The number of carbonyl (C=O) groups excluding carboxylic acids is 3. The Balaban J connectivity index is 0.00000441. The van der Waals surface area contributed by atoms with Crippen LogP contribution in [0, 0.1) is 0 Å². The van der Waals surface area contributed by atoms with Crippen LogP contribution in [-0.2, 0) is 14.3 Å². The third kappa shape index (κ3) is 6.55. The van der Waals surface area contributed by atoms with Crippen molar-refractivity contribution >= 4 is 35.9 Å². The second-order valence-corrected chi connectivity index (χ2v) is 4.44. The number of esters is 1. The van der Waals surface area contributed by atoms with Gasteiger partial charge in [-0.1, -0.05) is 0 Å². The Kier molecular flexibility index (Phi) is 8.81. The molecule has 0 spiro atoms. The number of rotatable bonds is 6. The van der Waals surface area contributed by atoms with Crippen molar-refractivity contribution < 1.29 is 19.1 Å². The van der Waals surface area contributed by atoms with E-state index in [1.165, 1.54) is 7.11 Å². The largest absolute Gasteiger partial charge is 0.469 e. The molecular formula is C14H20ClN3O4. The molecule has 0 aliphatic heterocycles. The van der Waals surface area contributed by atoms with Crippen molar-refractivity contribution in [3.63, 3.8) is 0 Å². The third-order valence-electron chi connectivity index (χ3n) is 2.67. The number of halogens is 1. The van der Waals surface area contributed by atoms with Crippen molar-refractivity contribution in [1.29, 1.82) is 0 Å². The molecule has 0 saturated heterocycles. The zero-order valence-corrected chi connectivity index (χ0v) is 13.2. The Labute approximate surface area is 135 Å². The minimum Gasteiger partial charge on any atom is -0.469 e. The maximum absolute atomic E-state index is 11.8. The van der Waals surface area contributed by atoms with Gasteiger partial charge in [0.25, 0.3) is 5.91 Å². The van der Waals surface area contributed by atoms with Gasteiger partial charge in [-0.2, -0.15) is 0 Å². The van der Waals surface area contributed by atoms with E-state index in [1.807, 2.05) is 0 Å². The molecule has 0 aliphatic rings. The van der Waals surface area contributed by atoms with Gasteiger partial charge in [0, 0.05) is 17.8 Å². The number of methoxy groups -OCH3 is 1. The highest BCUT2D eigenvalue weighted by atomic mass is 35.5. The fourth-order valence-corrected chi connectivity index (χ4v) is 1.44. The average molecular weight is 330 g/mol. The van der Waals surface area contributed by atoms with Crippen LogP contribution in [0.15, 0.2) is 24.3 Å². The van der Waals surface area contributed by atoms with Gasteiger partial charge in [-0.15, -0.1) is 12.4 Å². The molecule has 22 heavy (non-hydrogen) atoms.